The van der Waals surface area contributed by atoms with Gasteiger partial charge in [-0.2, -0.15) is 5.10 Å². The zero-order chi connectivity index (χ0) is 26.1. The van der Waals surface area contributed by atoms with Crippen molar-refractivity contribution in [2.45, 2.75) is 71.2 Å². The maximum atomic E-state index is 14.1. The average molecular weight is 512 g/mol. The van der Waals surface area contributed by atoms with Crippen LogP contribution >= 0.6 is 0 Å². The number of rotatable bonds is 4. The summed E-state index contributed by atoms with van der Waals surface area (Å²) >= 11 is 0. The van der Waals surface area contributed by atoms with Crippen LogP contribution in [-0.4, -0.2) is 88.0 Å². The van der Waals surface area contributed by atoms with E-state index in [9.17, 15) is 19.1 Å². The Morgan fingerprint density at radius 2 is 1.78 bits per heavy atom. The number of aromatic nitrogens is 2. The highest BCUT2D eigenvalue weighted by Gasteiger charge is 2.34. The minimum absolute atomic E-state index is 0.0130. The van der Waals surface area contributed by atoms with Crippen molar-refractivity contribution in [3.05, 3.63) is 46.3 Å². The molecule has 0 spiro atoms. The van der Waals surface area contributed by atoms with Gasteiger partial charge in [0, 0.05) is 49.7 Å². The van der Waals surface area contributed by atoms with Gasteiger partial charge in [-0.25, -0.2) is 4.39 Å². The fraction of sp³-hybridized carbons (Fsp3) is 0.607. The summed E-state index contributed by atoms with van der Waals surface area (Å²) in [6, 6.07) is 6.35. The minimum atomic E-state index is -1.44. The van der Waals surface area contributed by atoms with E-state index >= 15 is 0 Å². The number of fused-ring (bicyclic) bond motifs is 1. The molecule has 3 heterocycles. The quantitative estimate of drug-likeness (QED) is 0.639. The monoisotopic (exact) mass is 511 g/mol. The lowest BCUT2D eigenvalue weighted by atomic mass is 10.0. The van der Waals surface area contributed by atoms with E-state index in [0.717, 1.165) is 56.5 Å². The first kappa shape index (κ1) is 25.7. The molecular weight excluding hydrogens is 473 g/mol. The van der Waals surface area contributed by atoms with E-state index < -0.39 is 12.3 Å². The van der Waals surface area contributed by atoms with Crippen LogP contribution in [0.4, 0.5) is 10.1 Å². The smallest absolute Gasteiger partial charge is 0.274 e. The van der Waals surface area contributed by atoms with Crippen molar-refractivity contribution in [3.63, 3.8) is 0 Å². The predicted octanol–water partition coefficient (Wildman–Crippen LogP) is 2.66. The van der Waals surface area contributed by atoms with Gasteiger partial charge in [-0.15, -0.1) is 0 Å². The van der Waals surface area contributed by atoms with E-state index in [4.69, 9.17) is 0 Å². The fourth-order valence-electron chi connectivity index (χ4n) is 5.88. The average Bonchev–Trinajstić information content (AvgIpc) is 3.06. The Bertz CT molecular complexity index is 1160. The van der Waals surface area contributed by atoms with Gasteiger partial charge in [-0.3, -0.25) is 14.3 Å². The summed E-state index contributed by atoms with van der Waals surface area (Å²) in [6.45, 7) is 7.43. The number of anilines is 1. The number of aliphatic hydroxyl groups is 1. The zero-order valence-electron chi connectivity index (χ0n) is 22.0. The summed E-state index contributed by atoms with van der Waals surface area (Å²) in [7, 11) is 0. The lowest BCUT2D eigenvalue weighted by Crippen LogP contribution is -2.50. The van der Waals surface area contributed by atoms with E-state index in [1.54, 1.807) is 4.68 Å². The van der Waals surface area contributed by atoms with Crippen LogP contribution in [0.5, 0.6) is 0 Å². The Morgan fingerprint density at radius 1 is 1.03 bits per heavy atom. The molecule has 2 aromatic rings. The number of piperidine rings is 1. The molecule has 0 radical (unpaired) electrons. The molecule has 1 aliphatic carbocycles. The van der Waals surface area contributed by atoms with E-state index in [1.165, 1.54) is 21.7 Å². The van der Waals surface area contributed by atoms with Crippen molar-refractivity contribution in [2.24, 2.45) is 0 Å². The Balaban J connectivity index is 1.29. The summed E-state index contributed by atoms with van der Waals surface area (Å²) in [5.41, 5.74) is 6.01. The molecule has 1 aromatic heterocycles. The number of nitrogens with zero attached hydrogens (tertiary/aromatic N) is 5. The number of piperazine rings is 1. The number of carbonyl (C=O) groups excluding carboxylic acids is 2. The summed E-state index contributed by atoms with van der Waals surface area (Å²) in [5, 5.41) is 14.4. The maximum Gasteiger partial charge on any atom is 0.274 e. The van der Waals surface area contributed by atoms with E-state index in [-0.39, 0.29) is 31.3 Å². The van der Waals surface area contributed by atoms with Crippen LogP contribution in [0, 0.1) is 13.8 Å². The van der Waals surface area contributed by atoms with Gasteiger partial charge in [0.15, 0.2) is 5.69 Å². The van der Waals surface area contributed by atoms with Gasteiger partial charge in [-0.05, 0) is 63.1 Å². The molecule has 2 saturated heterocycles. The lowest BCUT2D eigenvalue weighted by molar-refractivity contribution is -0.132. The van der Waals surface area contributed by atoms with Crippen molar-refractivity contribution in [3.8, 4) is 0 Å². The van der Waals surface area contributed by atoms with E-state index in [2.05, 4.69) is 42.0 Å². The molecule has 1 aromatic carbocycles. The third-order valence-electron chi connectivity index (χ3n) is 8.34. The van der Waals surface area contributed by atoms with Gasteiger partial charge in [-0.1, -0.05) is 18.6 Å². The molecule has 2 atom stereocenters. The molecule has 8 nitrogen and oxygen atoms in total. The fourth-order valence-corrected chi connectivity index (χ4v) is 5.88. The van der Waals surface area contributed by atoms with Crippen LogP contribution in [0.2, 0.25) is 0 Å². The number of aliphatic hydroxyl groups excluding tert-OH is 1. The Labute approximate surface area is 218 Å². The number of likely N-dealkylation sites (tertiary alicyclic amines) is 1. The van der Waals surface area contributed by atoms with Gasteiger partial charge in [0.05, 0.1) is 12.6 Å². The van der Waals surface area contributed by atoms with Crippen LogP contribution in [0.15, 0.2) is 18.2 Å². The van der Waals surface area contributed by atoms with E-state index in [0.29, 0.717) is 25.3 Å². The maximum absolute atomic E-state index is 14.1. The lowest BCUT2D eigenvalue weighted by Gasteiger charge is -2.37. The molecule has 37 heavy (non-hydrogen) atoms. The Morgan fingerprint density at radius 3 is 2.54 bits per heavy atom. The van der Waals surface area contributed by atoms with Gasteiger partial charge >= 0.3 is 0 Å². The second-order valence-electron chi connectivity index (χ2n) is 10.7. The molecule has 5 rings (SSSR count). The van der Waals surface area contributed by atoms with Crippen LogP contribution in [-0.2, 0) is 24.2 Å². The number of halogens is 1. The number of benzene rings is 1. The molecule has 2 fully saturated rings. The molecule has 2 aliphatic heterocycles. The molecule has 200 valence electrons. The topological polar surface area (TPSA) is 81.9 Å². The number of hydrogen-bond acceptors (Lipinski definition) is 5. The number of aryl methyl sites for hydroxylation is 1. The molecule has 1 N–H and O–H groups in total. The Hall–Kier alpha value is -2.94. The first-order valence-corrected chi connectivity index (χ1v) is 13.6. The van der Waals surface area contributed by atoms with Crippen LogP contribution in [0.1, 0.15) is 58.6 Å². The number of carbonyl (C=O) groups is 2. The van der Waals surface area contributed by atoms with E-state index in [1.807, 2.05) is 4.90 Å². The normalized spacial score (nSPS) is 22.5. The van der Waals surface area contributed by atoms with Crippen molar-refractivity contribution in [1.82, 2.24) is 19.6 Å². The second-order valence-corrected chi connectivity index (χ2v) is 10.7. The third kappa shape index (κ3) is 5.23. The van der Waals surface area contributed by atoms with Crippen LogP contribution in [0.3, 0.4) is 0 Å². The SMILES string of the molecule is Cc1cccc(N2CCN(C(=O)Cn3nc(C(=O)N4CC[C@H](O)[C@@H](F)C4)c4c3CCCCC4)CC2)c1C. The summed E-state index contributed by atoms with van der Waals surface area (Å²) in [5.74, 6) is -0.278. The van der Waals surface area contributed by atoms with Crippen LogP contribution < -0.4 is 4.90 Å². The summed E-state index contributed by atoms with van der Waals surface area (Å²) in [4.78, 5) is 32.4. The minimum Gasteiger partial charge on any atom is -0.390 e. The molecule has 0 unspecified atom stereocenters. The predicted molar refractivity (Wildman–Crippen MR) is 140 cm³/mol. The molecule has 0 saturated carbocycles. The van der Waals surface area contributed by atoms with Gasteiger partial charge in [0.25, 0.3) is 5.91 Å². The molecule has 2 amide bonds. The molecular formula is C28H38FN5O3. The highest BCUT2D eigenvalue weighted by Crippen LogP contribution is 2.27. The summed E-state index contributed by atoms with van der Waals surface area (Å²) < 4.78 is 15.9. The second kappa shape index (κ2) is 10.8. The van der Waals surface area contributed by atoms with Gasteiger partial charge in [0.1, 0.15) is 12.7 Å². The van der Waals surface area contributed by atoms with Crippen molar-refractivity contribution in [2.75, 3.05) is 44.2 Å². The molecule has 0 bridgehead atoms. The third-order valence-corrected chi connectivity index (χ3v) is 8.34. The zero-order valence-corrected chi connectivity index (χ0v) is 22.0. The van der Waals surface area contributed by atoms with Gasteiger partial charge < -0.3 is 19.8 Å². The highest BCUT2D eigenvalue weighted by atomic mass is 19.1. The van der Waals surface area contributed by atoms with Crippen molar-refractivity contribution >= 4 is 17.5 Å². The standard InChI is InChI=1S/C28H38FN5O3/c1-19-7-6-10-23(20(19)2)31-13-15-32(16-14-31)26(36)18-34-24-9-5-3-4-8-21(24)27(30-34)28(37)33-12-11-25(35)22(29)17-33/h6-7,10,22,25,35H,3-5,8-9,11-18H2,1-2H3/t22-,25-/m0/s1. The first-order valence-electron chi connectivity index (χ1n) is 13.6. The molecule has 3 aliphatic rings. The molecule has 9 heteroatoms. The summed E-state index contributed by atoms with van der Waals surface area (Å²) in [6.07, 6.45) is 2.33. The van der Waals surface area contributed by atoms with Crippen LogP contribution in [0.25, 0.3) is 0 Å². The largest absolute Gasteiger partial charge is 0.390 e. The highest BCUT2D eigenvalue weighted by molar-refractivity contribution is 5.94. The van der Waals surface area contributed by atoms with Gasteiger partial charge in [0.2, 0.25) is 5.91 Å². The number of amides is 2. The van der Waals surface area contributed by atoms with Crippen molar-refractivity contribution < 1.29 is 19.1 Å². The van der Waals surface area contributed by atoms with Crippen molar-refractivity contribution in [1.29, 1.82) is 0 Å². The number of hydrogen-bond donors (Lipinski definition) is 1. The number of alkyl halides is 1. The Kier molecular flexibility index (Phi) is 7.51. The first-order chi connectivity index (χ1) is 17.8.